The van der Waals surface area contributed by atoms with Gasteiger partial charge in [-0.05, 0) is 94.1 Å². The molecule has 2 aliphatic heterocycles. The summed E-state index contributed by atoms with van der Waals surface area (Å²) in [5.74, 6) is -6.47. The van der Waals surface area contributed by atoms with Gasteiger partial charge >= 0.3 is 23.9 Å². The zero-order valence-corrected chi connectivity index (χ0v) is 51.0. The highest BCUT2D eigenvalue weighted by Crippen LogP contribution is 2.63. The highest BCUT2D eigenvalue weighted by molar-refractivity contribution is 8.20. The van der Waals surface area contributed by atoms with Crippen molar-refractivity contribution in [2.45, 2.75) is 51.1 Å². The third-order valence-corrected chi connectivity index (χ3v) is 20.0. The van der Waals surface area contributed by atoms with E-state index < -0.39 is 58.4 Å². The number of esters is 4. The largest absolute Gasteiger partial charge is 0.459 e. The molecule has 4 aliphatic carbocycles. The summed E-state index contributed by atoms with van der Waals surface area (Å²) >= 11 is 3.87. The number of carbonyl (C=O) groups excluding carboxylic acids is 6. The number of amides is 2. The molecule has 4 heterocycles. The number of hydrogen-bond donors (Lipinski definition) is 0. The van der Waals surface area contributed by atoms with E-state index >= 15 is 19.2 Å². The quantitative estimate of drug-likeness (QED) is 0.0377. The van der Waals surface area contributed by atoms with Gasteiger partial charge in [-0.25, -0.2) is 9.98 Å². The second-order valence-corrected chi connectivity index (χ2v) is 24.8. The summed E-state index contributed by atoms with van der Waals surface area (Å²) in [4.78, 5) is 104. The van der Waals surface area contributed by atoms with Crippen molar-refractivity contribution < 1.29 is 47.7 Å². The van der Waals surface area contributed by atoms with Crippen molar-refractivity contribution in [3.05, 3.63) is 233 Å². The molecule has 2 saturated heterocycles. The predicted molar refractivity (Wildman–Crippen MR) is 337 cm³/mol. The smallest absolute Gasteiger partial charge is 0.333 e. The van der Waals surface area contributed by atoms with Crippen LogP contribution < -0.4 is 0 Å². The first kappa shape index (κ1) is 59.9. The van der Waals surface area contributed by atoms with Crippen LogP contribution in [0, 0.1) is 57.2 Å². The Hall–Kier alpha value is -10.5. The molecule has 0 radical (unpaired) electrons. The fraction of sp³-hybridized carbons (Fsp3) is 0.176. The Balaban J connectivity index is 1.05. The molecule has 0 bridgehead atoms. The summed E-state index contributed by atoms with van der Waals surface area (Å²) in [5.41, 5.74) is -1.17. The molecule has 18 nitrogen and oxygen atoms in total. The molecule has 12 rings (SSSR count). The van der Waals surface area contributed by atoms with Crippen LogP contribution in [0.25, 0.3) is 11.1 Å². The lowest BCUT2D eigenvalue weighted by Crippen LogP contribution is -2.47. The minimum Gasteiger partial charge on any atom is -0.459 e. The zero-order chi connectivity index (χ0) is 62.8. The number of benzene rings is 4. The van der Waals surface area contributed by atoms with Gasteiger partial charge in [0.1, 0.15) is 70.8 Å². The van der Waals surface area contributed by atoms with E-state index in [-0.39, 0.29) is 103 Å². The summed E-state index contributed by atoms with van der Waals surface area (Å²) in [6, 6.07) is 46.2. The summed E-state index contributed by atoms with van der Waals surface area (Å²) in [5, 5.41) is 39.8. The fourth-order valence-electron chi connectivity index (χ4n) is 11.5. The summed E-state index contributed by atoms with van der Waals surface area (Å²) in [6.45, 7) is 2.68. The van der Waals surface area contributed by atoms with Gasteiger partial charge in [0.15, 0.2) is 21.2 Å². The fourth-order valence-corrected chi connectivity index (χ4v) is 16.0. The Morgan fingerprint density at radius 2 is 0.778 bits per heavy atom. The molecular weight excluding hydrogens is 1220 g/mol. The molecule has 2 aromatic heterocycles. The molecular formula is C68H46N8O10S4. The van der Waals surface area contributed by atoms with E-state index in [0.29, 0.717) is 43.2 Å². The Morgan fingerprint density at radius 1 is 0.478 bits per heavy atom. The number of rotatable bonds is 16. The average Bonchev–Trinajstić information content (AvgIpc) is 1.55. The van der Waals surface area contributed by atoms with Gasteiger partial charge in [0.25, 0.3) is 11.8 Å². The van der Waals surface area contributed by atoms with Crippen molar-refractivity contribution >= 4 is 113 Å². The van der Waals surface area contributed by atoms with E-state index in [0.717, 1.165) is 46.2 Å². The van der Waals surface area contributed by atoms with Crippen LogP contribution in [0.2, 0.25) is 0 Å². The number of fused-ring (bicyclic) bond motifs is 7. The minimum atomic E-state index is -2.34. The SMILES string of the molecule is CCN1C(=O)C(=Nc2cc3c(s2)C2=CC4C=C5C(=CC4C=C2C3(C(=O)OCc2ccccc2)C(=O)OCc2ccccc2)c2sc(N=C3SC(=C(C#N)C#N)N(CC)C3=O)cc2C5(C(=O)OCc2ccccc2)C(=O)OCc2ccccc2)SC1=C(C#N)C#N. The molecule has 6 aliphatic rings. The molecule has 2 atom stereocenters. The normalized spacial score (nSPS) is 18.6. The van der Waals surface area contributed by atoms with Crippen LogP contribution in [-0.4, -0.2) is 68.7 Å². The maximum atomic E-state index is 15.7. The highest BCUT2D eigenvalue weighted by Gasteiger charge is 2.64. The molecule has 442 valence electrons. The number of carbonyl (C=O) groups is 6. The molecule has 0 spiro atoms. The van der Waals surface area contributed by atoms with Crippen molar-refractivity contribution in [3.8, 4) is 24.3 Å². The first-order valence-corrected chi connectivity index (χ1v) is 31.4. The summed E-state index contributed by atoms with van der Waals surface area (Å²) in [7, 11) is 0. The van der Waals surface area contributed by atoms with Gasteiger partial charge in [0.2, 0.25) is 10.8 Å². The van der Waals surface area contributed by atoms with E-state index in [2.05, 4.69) is 0 Å². The number of thioether (sulfide) groups is 2. The van der Waals surface area contributed by atoms with E-state index in [4.69, 9.17) is 28.9 Å². The molecule has 22 heteroatoms. The third-order valence-electron chi connectivity index (χ3n) is 15.7. The topological polar surface area (TPSA) is 266 Å². The van der Waals surface area contributed by atoms with Crippen LogP contribution >= 0.6 is 46.2 Å². The van der Waals surface area contributed by atoms with E-state index in [9.17, 15) is 30.6 Å². The second kappa shape index (κ2) is 25.0. The third kappa shape index (κ3) is 10.3. The maximum absolute atomic E-state index is 15.7. The highest BCUT2D eigenvalue weighted by atomic mass is 32.2. The number of thiophene rings is 2. The van der Waals surface area contributed by atoms with Crippen molar-refractivity contribution in [1.82, 2.24) is 9.80 Å². The lowest BCUT2D eigenvalue weighted by molar-refractivity contribution is -0.166. The Bertz CT molecular complexity index is 4070. The van der Waals surface area contributed by atoms with E-state index in [1.54, 1.807) is 135 Å². The molecule has 2 fully saturated rings. The van der Waals surface area contributed by atoms with Gasteiger partial charge in [0, 0.05) is 45.8 Å². The number of nitrogens with zero attached hydrogens (tertiary/aromatic N) is 8. The van der Waals surface area contributed by atoms with Crippen LogP contribution in [0.3, 0.4) is 0 Å². The van der Waals surface area contributed by atoms with Crippen molar-refractivity contribution in [3.63, 3.8) is 0 Å². The predicted octanol–water partition coefficient (Wildman–Crippen LogP) is 11.6. The molecule has 2 unspecified atom stereocenters. The minimum absolute atomic E-state index is 0.0649. The molecule has 2 amide bonds. The van der Waals surface area contributed by atoms with Gasteiger partial charge in [0.05, 0.1) is 0 Å². The molecule has 0 N–H and O–H groups in total. The van der Waals surface area contributed by atoms with E-state index in [1.807, 2.05) is 60.7 Å². The summed E-state index contributed by atoms with van der Waals surface area (Å²) < 4.78 is 24.9. The zero-order valence-electron chi connectivity index (χ0n) is 47.7. The molecule has 4 aromatic carbocycles. The lowest BCUT2D eigenvalue weighted by atomic mass is 9.68. The number of ether oxygens (including phenoxy) is 4. The maximum Gasteiger partial charge on any atom is 0.333 e. The van der Waals surface area contributed by atoms with Crippen molar-refractivity contribution in [1.29, 1.82) is 21.0 Å². The van der Waals surface area contributed by atoms with Crippen molar-refractivity contribution in [2.24, 2.45) is 21.8 Å². The Labute approximate surface area is 532 Å². The van der Waals surface area contributed by atoms with Gasteiger partial charge in [-0.3, -0.25) is 38.6 Å². The van der Waals surface area contributed by atoms with Gasteiger partial charge in [-0.1, -0.05) is 146 Å². The first-order chi connectivity index (χ1) is 43.8. The van der Waals surface area contributed by atoms with Gasteiger partial charge < -0.3 is 18.9 Å². The first-order valence-electron chi connectivity index (χ1n) is 28.1. The molecule has 6 aromatic rings. The number of aliphatic imine (C=N–C) groups is 2. The second-order valence-electron chi connectivity index (χ2n) is 20.8. The van der Waals surface area contributed by atoms with Crippen LogP contribution in [0.15, 0.2) is 200 Å². The number of allylic oxidation sites excluding steroid dienone is 8. The lowest BCUT2D eigenvalue weighted by Gasteiger charge is -2.35. The number of hydrogen-bond acceptors (Lipinski definition) is 20. The average molecular weight is 1260 g/mol. The van der Waals surface area contributed by atoms with E-state index in [1.165, 1.54) is 9.80 Å². The Kier molecular flexibility index (Phi) is 16.6. The number of nitriles is 4. The summed E-state index contributed by atoms with van der Waals surface area (Å²) in [6.07, 6.45) is 7.30. The van der Waals surface area contributed by atoms with Crippen molar-refractivity contribution in [2.75, 3.05) is 13.1 Å². The molecule has 90 heavy (non-hydrogen) atoms. The van der Waals surface area contributed by atoms with Crippen LogP contribution in [0.1, 0.15) is 57.0 Å². The van der Waals surface area contributed by atoms with Gasteiger partial charge in [-0.2, -0.15) is 21.0 Å². The van der Waals surface area contributed by atoms with Gasteiger partial charge in [-0.15, -0.1) is 22.7 Å². The molecule has 0 saturated carbocycles. The monoisotopic (exact) mass is 1260 g/mol. The van der Waals surface area contributed by atoms with Crippen LogP contribution in [-0.2, 0) is 85.0 Å². The van der Waals surface area contributed by atoms with Crippen LogP contribution in [0.4, 0.5) is 10.0 Å². The standard InChI is InChI=1S/C68H46N8O10S4/c1-3-75-59(77)57(89-61(75)45(31-69)32-70)73-53-29-51-55(87-53)47-25-43-28-50-48(26-44(43)27-49(47)67(51,63(79)83-35-39-17-9-5-10-18-39)64(80)84-36-40-19-11-6-12-20-40)56-52(30-54(88-56)74-58-60(78)76(4-2)62(90-58)46(33-71)34-72)68(50,65(81)85-37-41-21-13-7-14-22-41)66(82)86-38-42-23-15-8-16-24-42/h5-30,43-44H,3-4,35-38H2,1-2H3. The van der Waals surface area contributed by atoms with Crippen LogP contribution in [0.5, 0.6) is 0 Å². The Morgan fingerprint density at radius 3 is 1.06 bits per heavy atom.